The van der Waals surface area contributed by atoms with E-state index in [4.69, 9.17) is 15.7 Å². The molecule has 4 aromatic rings. The Kier molecular flexibility index (Phi) is 5.87. The Hall–Kier alpha value is -3.78. The molecule has 164 valence electrons. The number of primary amides is 1. The van der Waals surface area contributed by atoms with Crippen LogP contribution in [0.5, 0.6) is 0 Å². The second-order valence-electron chi connectivity index (χ2n) is 7.68. The van der Waals surface area contributed by atoms with Gasteiger partial charge in [-0.05, 0) is 56.8 Å². The number of aromatic nitrogens is 3. The van der Waals surface area contributed by atoms with E-state index in [1.807, 2.05) is 43.7 Å². The van der Waals surface area contributed by atoms with Crippen LogP contribution in [0.1, 0.15) is 32.9 Å². The Balaban J connectivity index is 1.82. The van der Waals surface area contributed by atoms with Crippen molar-refractivity contribution in [1.29, 1.82) is 0 Å². The van der Waals surface area contributed by atoms with E-state index in [0.717, 1.165) is 33.4 Å². The Morgan fingerprint density at radius 1 is 1.09 bits per heavy atom. The topological polar surface area (TPSA) is 97.9 Å². The number of carbonyl (C=O) groups excluding carboxylic acids is 1. The number of anilines is 1. The number of nitrogens with two attached hydrogens (primary N) is 1. The Labute approximate surface area is 185 Å². The van der Waals surface area contributed by atoms with Crippen LogP contribution in [0.4, 0.5) is 10.2 Å². The standard InChI is InChI=1S/C24H25FN6O/c1-14-10-19-18(22(26)32)8-5-9-21(19)31(14)24-29-20(13-27-3)15(2)23(30-24)28-12-16-6-4-7-17(25)11-16/h4-11,27H,12-13H2,1-3H3,(H2,26,32)(H,28,29,30). The Morgan fingerprint density at radius 2 is 1.88 bits per heavy atom. The monoisotopic (exact) mass is 432 g/mol. The van der Waals surface area contributed by atoms with Gasteiger partial charge in [-0.1, -0.05) is 18.2 Å². The lowest BCUT2D eigenvalue weighted by Gasteiger charge is -2.16. The summed E-state index contributed by atoms with van der Waals surface area (Å²) in [5, 5.41) is 7.22. The van der Waals surface area contributed by atoms with Gasteiger partial charge in [0.25, 0.3) is 0 Å². The molecule has 1 amide bonds. The number of halogens is 1. The number of rotatable bonds is 7. The molecule has 0 spiro atoms. The summed E-state index contributed by atoms with van der Waals surface area (Å²) in [6.45, 7) is 4.87. The summed E-state index contributed by atoms with van der Waals surface area (Å²) in [5.41, 5.74) is 10.3. The number of aryl methyl sites for hydroxylation is 1. The number of hydrogen-bond donors (Lipinski definition) is 3. The van der Waals surface area contributed by atoms with Crippen molar-refractivity contribution in [3.8, 4) is 5.95 Å². The van der Waals surface area contributed by atoms with Crippen LogP contribution in [-0.2, 0) is 13.1 Å². The van der Waals surface area contributed by atoms with Gasteiger partial charge < -0.3 is 16.4 Å². The molecule has 7 nitrogen and oxygen atoms in total. The molecule has 2 aromatic heterocycles. The first kappa shape index (κ1) is 21.5. The van der Waals surface area contributed by atoms with Gasteiger partial charge in [0.2, 0.25) is 11.9 Å². The van der Waals surface area contributed by atoms with Crippen LogP contribution < -0.4 is 16.4 Å². The van der Waals surface area contributed by atoms with E-state index in [1.54, 1.807) is 18.2 Å². The minimum Gasteiger partial charge on any atom is -0.366 e. The zero-order valence-electron chi connectivity index (χ0n) is 18.2. The lowest BCUT2D eigenvalue weighted by Crippen LogP contribution is -2.16. The normalized spacial score (nSPS) is 11.1. The second-order valence-corrected chi connectivity index (χ2v) is 7.68. The fourth-order valence-corrected chi connectivity index (χ4v) is 3.84. The first-order chi connectivity index (χ1) is 15.4. The summed E-state index contributed by atoms with van der Waals surface area (Å²) in [4.78, 5) is 21.5. The molecule has 4 N–H and O–H groups in total. The van der Waals surface area contributed by atoms with E-state index >= 15 is 0 Å². The van der Waals surface area contributed by atoms with Gasteiger partial charge in [0.15, 0.2) is 0 Å². The molecule has 0 aliphatic carbocycles. The number of carbonyl (C=O) groups is 1. The molecule has 8 heteroatoms. The zero-order chi connectivity index (χ0) is 22.8. The highest BCUT2D eigenvalue weighted by atomic mass is 19.1. The van der Waals surface area contributed by atoms with E-state index in [9.17, 15) is 9.18 Å². The highest BCUT2D eigenvalue weighted by Crippen LogP contribution is 2.27. The van der Waals surface area contributed by atoms with Gasteiger partial charge in [0.05, 0.1) is 11.2 Å². The first-order valence-electron chi connectivity index (χ1n) is 10.3. The number of fused-ring (bicyclic) bond motifs is 1. The van der Waals surface area contributed by atoms with Crippen LogP contribution in [0, 0.1) is 19.7 Å². The van der Waals surface area contributed by atoms with Gasteiger partial charge in [-0.3, -0.25) is 9.36 Å². The van der Waals surface area contributed by atoms with Gasteiger partial charge in [0, 0.05) is 35.3 Å². The van der Waals surface area contributed by atoms with Crippen molar-refractivity contribution in [1.82, 2.24) is 19.9 Å². The molecule has 2 heterocycles. The van der Waals surface area contributed by atoms with Crippen LogP contribution in [0.25, 0.3) is 16.9 Å². The third kappa shape index (κ3) is 4.04. The molecule has 0 unspecified atom stereocenters. The summed E-state index contributed by atoms with van der Waals surface area (Å²) in [7, 11) is 1.86. The highest BCUT2D eigenvalue weighted by molar-refractivity contribution is 6.06. The van der Waals surface area contributed by atoms with Crippen molar-refractivity contribution in [3.63, 3.8) is 0 Å². The van der Waals surface area contributed by atoms with Crippen molar-refractivity contribution >= 4 is 22.6 Å². The minimum absolute atomic E-state index is 0.278. The van der Waals surface area contributed by atoms with E-state index in [2.05, 4.69) is 10.6 Å². The molecule has 0 aliphatic heterocycles. The van der Waals surface area contributed by atoms with Crippen LogP contribution in [0.15, 0.2) is 48.5 Å². The van der Waals surface area contributed by atoms with E-state index in [0.29, 0.717) is 30.4 Å². The SMILES string of the molecule is CNCc1nc(-n2c(C)cc3c(C(N)=O)cccc32)nc(NCc2cccc(F)c2)c1C. The van der Waals surface area contributed by atoms with E-state index in [-0.39, 0.29) is 5.82 Å². The molecule has 0 fully saturated rings. The molecular weight excluding hydrogens is 407 g/mol. The molecule has 4 rings (SSSR count). The molecule has 0 bridgehead atoms. The lowest BCUT2D eigenvalue weighted by molar-refractivity contribution is 0.100. The third-order valence-electron chi connectivity index (χ3n) is 5.42. The maximum atomic E-state index is 13.6. The van der Waals surface area contributed by atoms with Crippen molar-refractivity contribution in [3.05, 3.63) is 82.4 Å². The van der Waals surface area contributed by atoms with Crippen LogP contribution in [0.2, 0.25) is 0 Å². The van der Waals surface area contributed by atoms with Crippen molar-refractivity contribution < 1.29 is 9.18 Å². The van der Waals surface area contributed by atoms with Crippen LogP contribution in [0.3, 0.4) is 0 Å². The average Bonchev–Trinajstić information content (AvgIpc) is 3.10. The maximum Gasteiger partial charge on any atom is 0.249 e. The average molecular weight is 433 g/mol. The summed E-state index contributed by atoms with van der Waals surface area (Å²) in [6.07, 6.45) is 0. The molecular formula is C24H25FN6O. The van der Waals surface area contributed by atoms with Gasteiger partial charge in [-0.2, -0.15) is 4.98 Å². The molecule has 2 aromatic carbocycles. The molecule has 0 radical (unpaired) electrons. The molecule has 0 atom stereocenters. The van der Waals surface area contributed by atoms with Gasteiger partial charge >= 0.3 is 0 Å². The summed E-state index contributed by atoms with van der Waals surface area (Å²) in [6, 6.07) is 13.8. The van der Waals surface area contributed by atoms with Crippen molar-refractivity contribution in [2.75, 3.05) is 12.4 Å². The van der Waals surface area contributed by atoms with E-state index < -0.39 is 5.91 Å². The third-order valence-corrected chi connectivity index (χ3v) is 5.42. The Morgan fingerprint density at radius 3 is 2.59 bits per heavy atom. The van der Waals surface area contributed by atoms with Gasteiger partial charge in [-0.25, -0.2) is 9.37 Å². The fourth-order valence-electron chi connectivity index (χ4n) is 3.84. The van der Waals surface area contributed by atoms with Crippen molar-refractivity contribution in [2.45, 2.75) is 26.9 Å². The molecule has 32 heavy (non-hydrogen) atoms. The maximum absolute atomic E-state index is 13.6. The van der Waals surface area contributed by atoms with Gasteiger partial charge in [-0.15, -0.1) is 0 Å². The zero-order valence-corrected chi connectivity index (χ0v) is 18.2. The fraction of sp³-hybridized carbons (Fsp3) is 0.208. The van der Waals surface area contributed by atoms with Gasteiger partial charge in [0.1, 0.15) is 11.6 Å². The second kappa shape index (κ2) is 8.76. The molecule has 0 saturated heterocycles. The molecule has 0 aliphatic rings. The highest BCUT2D eigenvalue weighted by Gasteiger charge is 2.18. The van der Waals surface area contributed by atoms with Crippen LogP contribution >= 0.6 is 0 Å². The number of hydrogen-bond acceptors (Lipinski definition) is 5. The summed E-state index contributed by atoms with van der Waals surface area (Å²) in [5.74, 6) is 0.388. The largest absolute Gasteiger partial charge is 0.366 e. The lowest BCUT2D eigenvalue weighted by atomic mass is 10.1. The number of nitrogens with zero attached hydrogens (tertiary/aromatic N) is 3. The smallest absolute Gasteiger partial charge is 0.249 e. The number of amides is 1. The summed E-state index contributed by atoms with van der Waals surface area (Å²) >= 11 is 0. The van der Waals surface area contributed by atoms with E-state index in [1.165, 1.54) is 12.1 Å². The minimum atomic E-state index is -0.481. The predicted octanol–water partition coefficient (Wildman–Crippen LogP) is 3.61. The van der Waals surface area contributed by atoms with Crippen LogP contribution in [-0.4, -0.2) is 27.5 Å². The first-order valence-corrected chi connectivity index (χ1v) is 10.3. The number of benzene rings is 2. The number of nitrogens with one attached hydrogen (secondary N) is 2. The quantitative estimate of drug-likeness (QED) is 0.415. The summed E-state index contributed by atoms with van der Waals surface area (Å²) < 4.78 is 15.5. The molecule has 0 saturated carbocycles. The Bertz CT molecular complexity index is 1310. The predicted molar refractivity (Wildman–Crippen MR) is 123 cm³/mol. The van der Waals surface area contributed by atoms with Crippen molar-refractivity contribution in [2.24, 2.45) is 5.73 Å².